The molecule has 1 aliphatic rings. The summed E-state index contributed by atoms with van der Waals surface area (Å²) in [4.78, 5) is 11.7. The third-order valence-corrected chi connectivity index (χ3v) is 3.31. The van der Waals surface area contributed by atoms with Gasteiger partial charge < -0.3 is 14.9 Å². The number of nitrogens with zero attached hydrogens (tertiary/aromatic N) is 1. The van der Waals surface area contributed by atoms with Gasteiger partial charge >= 0.3 is 5.97 Å². The minimum Gasteiger partial charge on any atom is -0.493 e. The molecule has 2 rings (SSSR count). The number of carbonyl (C=O) groups excluding carboxylic acids is 1. The summed E-state index contributed by atoms with van der Waals surface area (Å²) in [7, 11) is 0. The van der Waals surface area contributed by atoms with Gasteiger partial charge in [-0.2, -0.15) is 5.10 Å². The first kappa shape index (κ1) is 15.4. The number of para-hydroxylation sites is 1. The molecule has 0 fully saturated rings. The smallest absolute Gasteiger partial charge is 0.354 e. The van der Waals surface area contributed by atoms with Crippen LogP contribution < -0.4 is 10.2 Å². The van der Waals surface area contributed by atoms with E-state index in [2.05, 4.69) is 17.5 Å². The van der Waals surface area contributed by atoms with Crippen LogP contribution in [0.5, 0.6) is 5.75 Å². The molecule has 0 radical (unpaired) electrons. The molecule has 114 valence electrons. The summed E-state index contributed by atoms with van der Waals surface area (Å²) in [6, 6.07) is 7.83. The van der Waals surface area contributed by atoms with Gasteiger partial charge in [-0.3, -0.25) is 0 Å². The number of hydrogen-bond donors (Lipinski definition) is 1. The Kier molecular flexibility index (Phi) is 5.60. The summed E-state index contributed by atoms with van der Waals surface area (Å²) in [6.07, 6.45) is 2.64. The fourth-order valence-electron chi connectivity index (χ4n) is 2.19. The van der Waals surface area contributed by atoms with Crippen LogP contribution in [0.15, 0.2) is 29.4 Å². The summed E-state index contributed by atoms with van der Waals surface area (Å²) < 4.78 is 10.8. The monoisotopic (exact) mass is 290 g/mol. The number of hydrogen-bond acceptors (Lipinski definition) is 5. The molecule has 0 aliphatic carbocycles. The molecular weight excluding hydrogens is 268 g/mol. The molecule has 5 nitrogen and oxygen atoms in total. The first-order valence-corrected chi connectivity index (χ1v) is 7.47. The van der Waals surface area contributed by atoms with Crippen LogP contribution in [-0.4, -0.2) is 24.9 Å². The number of esters is 1. The molecule has 1 aromatic rings. The number of rotatable bonds is 7. The van der Waals surface area contributed by atoms with Gasteiger partial charge in [0, 0.05) is 12.0 Å². The van der Waals surface area contributed by atoms with E-state index in [1.807, 2.05) is 24.3 Å². The molecule has 5 heteroatoms. The Hall–Kier alpha value is -2.04. The van der Waals surface area contributed by atoms with Crippen molar-refractivity contribution in [1.82, 2.24) is 5.43 Å². The molecule has 1 aliphatic heterocycles. The summed E-state index contributed by atoms with van der Waals surface area (Å²) in [5.41, 5.74) is 4.46. The largest absolute Gasteiger partial charge is 0.493 e. The molecule has 21 heavy (non-hydrogen) atoms. The van der Waals surface area contributed by atoms with Gasteiger partial charge in [0.2, 0.25) is 0 Å². The van der Waals surface area contributed by atoms with Crippen molar-refractivity contribution in [3.8, 4) is 5.75 Å². The lowest BCUT2D eigenvalue weighted by atomic mass is 10.0. The molecule has 0 saturated heterocycles. The Balaban J connectivity index is 2.02. The van der Waals surface area contributed by atoms with Gasteiger partial charge in [-0.25, -0.2) is 4.79 Å². The zero-order valence-corrected chi connectivity index (χ0v) is 12.6. The Labute approximate surface area is 125 Å². The van der Waals surface area contributed by atoms with Crippen LogP contribution in [0.3, 0.4) is 0 Å². The van der Waals surface area contributed by atoms with Crippen LogP contribution in [0.2, 0.25) is 0 Å². The van der Waals surface area contributed by atoms with E-state index >= 15 is 0 Å². The fourth-order valence-corrected chi connectivity index (χ4v) is 2.19. The van der Waals surface area contributed by atoms with E-state index in [9.17, 15) is 4.79 Å². The van der Waals surface area contributed by atoms with Crippen molar-refractivity contribution in [3.63, 3.8) is 0 Å². The summed E-state index contributed by atoms with van der Waals surface area (Å²) in [5, 5.41) is 4.09. The third-order valence-electron chi connectivity index (χ3n) is 3.31. The molecular formula is C16H22N2O3. The SMILES string of the molecule is CCCCOc1ccccc1C1CC(C(=O)OCC)=NN1. The number of hydrazone groups is 1. The van der Waals surface area contributed by atoms with E-state index in [-0.39, 0.29) is 12.0 Å². The van der Waals surface area contributed by atoms with Crippen molar-refractivity contribution in [3.05, 3.63) is 29.8 Å². The number of nitrogens with one attached hydrogen (secondary N) is 1. The van der Waals surface area contributed by atoms with E-state index in [0.717, 1.165) is 24.2 Å². The molecule has 0 bridgehead atoms. The minimum atomic E-state index is -0.350. The zero-order valence-electron chi connectivity index (χ0n) is 12.6. The Bertz CT molecular complexity index is 514. The fraction of sp³-hybridized carbons (Fsp3) is 0.500. The third kappa shape index (κ3) is 3.97. The number of ether oxygens (including phenoxy) is 2. The van der Waals surface area contributed by atoms with Crippen LogP contribution in [0, 0.1) is 0 Å². The average molecular weight is 290 g/mol. The lowest BCUT2D eigenvalue weighted by Gasteiger charge is -2.16. The second-order valence-electron chi connectivity index (χ2n) is 4.90. The highest BCUT2D eigenvalue weighted by Gasteiger charge is 2.27. The molecule has 1 N–H and O–H groups in total. The minimum absolute atomic E-state index is 0.0396. The van der Waals surface area contributed by atoms with Crippen LogP contribution >= 0.6 is 0 Å². The Morgan fingerprint density at radius 1 is 1.38 bits per heavy atom. The van der Waals surface area contributed by atoms with E-state index in [1.54, 1.807) is 6.92 Å². The van der Waals surface area contributed by atoms with Crippen molar-refractivity contribution in [2.75, 3.05) is 13.2 Å². The Morgan fingerprint density at radius 2 is 2.19 bits per heavy atom. The van der Waals surface area contributed by atoms with Crippen molar-refractivity contribution < 1.29 is 14.3 Å². The Morgan fingerprint density at radius 3 is 2.95 bits per heavy atom. The van der Waals surface area contributed by atoms with Crippen molar-refractivity contribution in [2.24, 2.45) is 5.10 Å². The number of carbonyl (C=O) groups is 1. The zero-order chi connectivity index (χ0) is 15.1. The molecule has 1 aromatic carbocycles. The van der Waals surface area contributed by atoms with Gasteiger partial charge in [0.25, 0.3) is 0 Å². The highest BCUT2D eigenvalue weighted by atomic mass is 16.5. The highest BCUT2D eigenvalue weighted by Crippen LogP contribution is 2.30. The van der Waals surface area contributed by atoms with Gasteiger partial charge in [0.05, 0.1) is 19.3 Å². The standard InChI is InChI=1S/C16H22N2O3/c1-3-5-10-21-15-9-7-6-8-12(15)13-11-14(18-17-13)16(19)20-4-2/h6-9,13,17H,3-5,10-11H2,1-2H3. The van der Waals surface area contributed by atoms with E-state index < -0.39 is 0 Å². The van der Waals surface area contributed by atoms with Crippen LogP contribution in [0.4, 0.5) is 0 Å². The molecule has 1 unspecified atom stereocenters. The van der Waals surface area contributed by atoms with Gasteiger partial charge in [0.15, 0.2) is 0 Å². The second kappa shape index (κ2) is 7.67. The summed E-state index contributed by atoms with van der Waals surface area (Å²) in [6.45, 7) is 4.98. The first-order chi connectivity index (χ1) is 10.3. The van der Waals surface area contributed by atoms with Crippen LogP contribution in [0.25, 0.3) is 0 Å². The van der Waals surface area contributed by atoms with Crippen molar-refractivity contribution in [1.29, 1.82) is 0 Å². The lowest BCUT2D eigenvalue weighted by Crippen LogP contribution is -2.16. The van der Waals surface area contributed by atoms with Crippen molar-refractivity contribution in [2.45, 2.75) is 39.2 Å². The van der Waals surface area contributed by atoms with E-state index in [0.29, 0.717) is 25.3 Å². The van der Waals surface area contributed by atoms with E-state index in [4.69, 9.17) is 9.47 Å². The maximum absolute atomic E-state index is 11.7. The predicted molar refractivity (Wildman–Crippen MR) is 81.4 cm³/mol. The molecule has 0 saturated carbocycles. The number of unbranched alkanes of at least 4 members (excludes halogenated alkanes) is 1. The predicted octanol–water partition coefficient (Wildman–Crippen LogP) is 2.82. The van der Waals surface area contributed by atoms with Gasteiger partial charge in [-0.1, -0.05) is 31.5 Å². The van der Waals surface area contributed by atoms with Gasteiger partial charge in [0.1, 0.15) is 11.5 Å². The van der Waals surface area contributed by atoms with Gasteiger partial charge in [-0.15, -0.1) is 0 Å². The maximum atomic E-state index is 11.7. The summed E-state index contributed by atoms with van der Waals surface area (Å²) in [5.74, 6) is 0.501. The average Bonchev–Trinajstić information content (AvgIpc) is 2.98. The first-order valence-electron chi connectivity index (χ1n) is 7.47. The highest BCUT2D eigenvalue weighted by molar-refractivity contribution is 6.36. The molecule has 0 aromatic heterocycles. The van der Waals surface area contributed by atoms with Gasteiger partial charge in [-0.05, 0) is 19.4 Å². The molecule has 0 spiro atoms. The summed E-state index contributed by atoms with van der Waals surface area (Å²) >= 11 is 0. The lowest BCUT2D eigenvalue weighted by molar-refractivity contribution is -0.135. The van der Waals surface area contributed by atoms with Crippen molar-refractivity contribution >= 4 is 11.7 Å². The second-order valence-corrected chi connectivity index (χ2v) is 4.90. The quantitative estimate of drug-likeness (QED) is 0.619. The topological polar surface area (TPSA) is 59.9 Å². The van der Waals surface area contributed by atoms with Crippen LogP contribution in [0.1, 0.15) is 44.7 Å². The van der Waals surface area contributed by atoms with Crippen LogP contribution in [-0.2, 0) is 9.53 Å². The normalized spacial score (nSPS) is 17.0. The number of benzene rings is 1. The molecule has 1 heterocycles. The van der Waals surface area contributed by atoms with E-state index in [1.165, 1.54) is 0 Å². The maximum Gasteiger partial charge on any atom is 0.354 e. The molecule has 1 atom stereocenters. The molecule has 0 amide bonds.